The van der Waals surface area contributed by atoms with Crippen molar-refractivity contribution in [3.63, 3.8) is 0 Å². The summed E-state index contributed by atoms with van der Waals surface area (Å²) in [7, 11) is 0. The summed E-state index contributed by atoms with van der Waals surface area (Å²) in [5, 5.41) is 0.990. The molecule has 2 aliphatic heterocycles. The molecule has 2 fully saturated rings. The average Bonchev–Trinajstić information content (AvgIpc) is 3.01. The molecule has 1 aromatic heterocycles. The lowest BCUT2D eigenvalue weighted by Gasteiger charge is -2.37. The molecule has 3 heterocycles. The largest absolute Gasteiger partial charge is 0.474 e. The molecule has 2 aliphatic rings. The van der Waals surface area contributed by atoms with Crippen molar-refractivity contribution in [2.45, 2.75) is 26.4 Å². The summed E-state index contributed by atoms with van der Waals surface area (Å²) in [6, 6.07) is 6.43. The number of benzene rings is 1. The number of piperazine rings is 1. The van der Waals surface area contributed by atoms with E-state index in [0.29, 0.717) is 5.88 Å². The highest BCUT2D eigenvalue weighted by molar-refractivity contribution is 5.86. The molecule has 0 aliphatic carbocycles. The first-order valence-electron chi connectivity index (χ1n) is 10.9. The summed E-state index contributed by atoms with van der Waals surface area (Å²) in [5.74, 6) is 0.673. The highest BCUT2D eigenvalue weighted by Crippen LogP contribution is 2.28. The quantitative estimate of drug-likeness (QED) is 0.738. The van der Waals surface area contributed by atoms with Gasteiger partial charge >= 0.3 is 0 Å². The van der Waals surface area contributed by atoms with E-state index in [2.05, 4.69) is 42.9 Å². The lowest BCUT2D eigenvalue weighted by atomic mass is 10.2. The van der Waals surface area contributed by atoms with E-state index >= 15 is 0 Å². The Morgan fingerprint density at radius 2 is 1.76 bits per heavy atom. The second-order valence-electron chi connectivity index (χ2n) is 8.18. The molecule has 0 N–H and O–H groups in total. The predicted molar refractivity (Wildman–Crippen MR) is 116 cm³/mol. The molecule has 0 atom stereocenters. The fourth-order valence-electron chi connectivity index (χ4n) is 4.07. The van der Waals surface area contributed by atoms with Gasteiger partial charge in [-0.3, -0.25) is 9.80 Å². The molecule has 29 heavy (non-hydrogen) atoms. The van der Waals surface area contributed by atoms with E-state index in [1.807, 2.05) is 13.8 Å². The molecule has 1 aromatic carbocycles. The fraction of sp³-hybridized carbons (Fsp3) is 0.636. The Bertz CT molecular complexity index is 784. The Balaban J connectivity index is 1.35. The standard InChI is InChI=1S/C22H33N5O2/c1-18(2)29-22-20-16-19(4-5-21(20)23-17-24-22)27-11-9-26(10-12-27)8-7-25-6-3-14-28-15-13-25/h4-5,16-18H,3,6-15H2,1-2H3. The van der Waals surface area contributed by atoms with Crippen molar-refractivity contribution in [2.24, 2.45) is 0 Å². The van der Waals surface area contributed by atoms with Gasteiger partial charge in [0.15, 0.2) is 0 Å². The van der Waals surface area contributed by atoms with Crippen LogP contribution in [0.5, 0.6) is 5.88 Å². The van der Waals surface area contributed by atoms with Crippen LogP contribution in [0.1, 0.15) is 20.3 Å². The normalized spacial score (nSPS) is 19.6. The number of ether oxygens (including phenoxy) is 2. The second-order valence-corrected chi connectivity index (χ2v) is 8.18. The Morgan fingerprint density at radius 3 is 2.55 bits per heavy atom. The maximum absolute atomic E-state index is 5.89. The van der Waals surface area contributed by atoms with Crippen molar-refractivity contribution in [3.8, 4) is 5.88 Å². The molecule has 0 saturated carbocycles. The Hall–Kier alpha value is -1.96. The first kappa shape index (κ1) is 20.3. The zero-order chi connectivity index (χ0) is 20.1. The molecule has 0 spiro atoms. The van der Waals surface area contributed by atoms with Gasteiger partial charge in [-0.2, -0.15) is 0 Å². The number of aromatic nitrogens is 2. The number of nitrogens with zero attached hydrogens (tertiary/aromatic N) is 5. The minimum atomic E-state index is 0.0936. The third-order valence-electron chi connectivity index (χ3n) is 5.71. The van der Waals surface area contributed by atoms with Crippen molar-refractivity contribution in [1.29, 1.82) is 0 Å². The Labute approximate surface area is 173 Å². The van der Waals surface area contributed by atoms with Crippen LogP contribution < -0.4 is 9.64 Å². The van der Waals surface area contributed by atoms with Gasteiger partial charge in [0.2, 0.25) is 5.88 Å². The van der Waals surface area contributed by atoms with Crippen molar-refractivity contribution in [1.82, 2.24) is 19.8 Å². The minimum Gasteiger partial charge on any atom is -0.474 e. The predicted octanol–water partition coefficient (Wildman–Crippen LogP) is 2.26. The molecule has 2 aromatic rings. The summed E-state index contributed by atoms with van der Waals surface area (Å²) in [6.45, 7) is 14.7. The topological polar surface area (TPSA) is 54.0 Å². The maximum atomic E-state index is 5.89. The molecular formula is C22H33N5O2. The van der Waals surface area contributed by atoms with Crippen LogP contribution in [0.25, 0.3) is 10.9 Å². The number of fused-ring (bicyclic) bond motifs is 1. The van der Waals surface area contributed by atoms with Gasteiger partial charge in [-0.05, 0) is 38.5 Å². The molecular weight excluding hydrogens is 366 g/mol. The number of hydrogen-bond acceptors (Lipinski definition) is 7. The monoisotopic (exact) mass is 399 g/mol. The van der Waals surface area contributed by atoms with Crippen LogP contribution in [0.3, 0.4) is 0 Å². The summed E-state index contributed by atoms with van der Waals surface area (Å²) in [4.78, 5) is 16.3. The molecule has 2 saturated heterocycles. The number of hydrogen-bond donors (Lipinski definition) is 0. The third kappa shape index (κ3) is 5.35. The first-order valence-corrected chi connectivity index (χ1v) is 10.9. The van der Waals surface area contributed by atoms with Gasteiger partial charge in [-0.15, -0.1) is 0 Å². The SMILES string of the molecule is CC(C)Oc1ncnc2ccc(N3CCN(CCN4CCCOCC4)CC3)cc12. The lowest BCUT2D eigenvalue weighted by Crippen LogP contribution is -2.48. The van der Waals surface area contributed by atoms with Gasteiger partial charge in [-0.1, -0.05) is 0 Å². The smallest absolute Gasteiger partial charge is 0.224 e. The Kier molecular flexibility index (Phi) is 6.79. The molecule has 0 unspecified atom stereocenters. The first-order chi connectivity index (χ1) is 14.2. The van der Waals surface area contributed by atoms with E-state index in [4.69, 9.17) is 9.47 Å². The molecule has 4 rings (SSSR count). The van der Waals surface area contributed by atoms with E-state index in [0.717, 1.165) is 76.4 Å². The van der Waals surface area contributed by atoms with Gasteiger partial charge < -0.3 is 14.4 Å². The molecule has 0 radical (unpaired) electrons. The molecule has 0 bridgehead atoms. The van der Waals surface area contributed by atoms with E-state index in [1.165, 1.54) is 12.2 Å². The average molecular weight is 400 g/mol. The summed E-state index contributed by atoms with van der Waals surface area (Å²) in [5.41, 5.74) is 2.16. The van der Waals surface area contributed by atoms with E-state index < -0.39 is 0 Å². The van der Waals surface area contributed by atoms with Crippen molar-refractivity contribution < 1.29 is 9.47 Å². The van der Waals surface area contributed by atoms with Crippen LogP contribution in [0.2, 0.25) is 0 Å². The maximum Gasteiger partial charge on any atom is 0.224 e. The highest BCUT2D eigenvalue weighted by atomic mass is 16.5. The van der Waals surface area contributed by atoms with E-state index in [9.17, 15) is 0 Å². The van der Waals surface area contributed by atoms with E-state index in [-0.39, 0.29) is 6.10 Å². The lowest BCUT2D eigenvalue weighted by molar-refractivity contribution is 0.137. The number of rotatable bonds is 6. The van der Waals surface area contributed by atoms with Crippen LogP contribution in [-0.4, -0.2) is 91.4 Å². The van der Waals surface area contributed by atoms with Gasteiger partial charge in [0, 0.05) is 64.7 Å². The summed E-state index contributed by atoms with van der Waals surface area (Å²) in [6.07, 6.45) is 2.83. The Morgan fingerprint density at radius 1 is 0.966 bits per heavy atom. The van der Waals surface area contributed by atoms with Crippen LogP contribution in [0.15, 0.2) is 24.5 Å². The van der Waals surface area contributed by atoms with Crippen molar-refractivity contribution in [3.05, 3.63) is 24.5 Å². The molecule has 158 valence electrons. The highest BCUT2D eigenvalue weighted by Gasteiger charge is 2.19. The van der Waals surface area contributed by atoms with Crippen molar-refractivity contribution in [2.75, 3.05) is 70.5 Å². The van der Waals surface area contributed by atoms with Crippen LogP contribution in [0, 0.1) is 0 Å². The van der Waals surface area contributed by atoms with Gasteiger partial charge in [-0.25, -0.2) is 9.97 Å². The van der Waals surface area contributed by atoms with Gasteiger partial charge in [0.05, 0.1) is 23.6 Å². The summed E-state index contributed by atoms with van der Waals surface area (Å²) < 4.78 is 11.5. The fourth-order valence-corrected chi connectivity index (χ4v) is 4.07. The van der Waals surface area contributed by atoms with Gasteiger partial charge in [0.1, 0.15) is 6.33 Å². The zero-order valence-electron chi connectivity index (χ0n) is 17.7. The second kappa shape index (κ2) is 9.69. The minimum absolute atomic E-state index is 0.0936. The molecule has 0 amide bonds. The molecule has 7 nitrogen and oxygen atoms in total. The van der Waals surface area contributed by atoms with Crippen LogP contribution >= 0.6 is 0 Å². The third-order valence-corrected chi connectivity index (χ3v) is 5.71. The zero-order valence-corrected chi connectivity index (χ0v) is 17.7. The number of anilines is 1. The van der Waals surface area contributed by atoms with Crippen molar-refractivity contribution >= 4 is 16.6 Å². The van der Waals surface area contributed by atoms with Crippen LogP contribution in [0.4, 0.5) is 5.69 Å². The van der Waals surface area contributed by atoms with Crippen LogP contribution in [-0.2, 0) is 4.74 Å². The summed E-state index contributed by atoms with van der Waals surface area (Å²) >= 11 is 0. The molecule has 7 heteroatoms. The van der Waals surface area contributed by atoms with E-state index in [1.54, 1.807) is 6.33 Å². The van der Waals surface area contributed by atoms with Gasteiger partial charge in [0.25, 0.3) is 0 Å².